The van der Waals surface area contributed by atoms with Crippen LogP contribution in [0.4, 0.5) is 0 Å². The molecule has 1 aromatic rings. The molecule has 2 rings (SSSR count). The van der Waals surface area contributed by atoms with E-state index >= 15 is 0 Å². The van der Waals surface area contributed by atoms with E-state index in [0.29, 0.717) is 18.0 Å². The first-order valence-corrected chi connectivity index (χ1v) is 7.53. The number of likely N-dealkylation sites (tertiary alicyclic amines) is 1. The summed E-state index contributed by atoms with van der Waals surface area (Å²) in [7, 11) is 0. The maximum Gasteiger partial charge on any atom is 0.188 e. The summed E-state index contributed by atoms with van der Waals surface area (Å²) in [6.07, 6.45) is 2.24. The number of rotatable bonds is 4. The van der Waals surface area contributed by atoms with E-state index in [4.69, 9.17) is 5.73 Å². The Hall–Kier alpha value is -0.820. The van der Waals surface area contributed by atoms with Crippen LogP contribution in [0.3, 0.4) is 0 Å². The van der Waals surface area contributed by atoms with Gasteiger partial charge in [0.2, 0.25) is 0 Å². The largest absolute Gasteiger partial charge is 0.370 e. The Labute approximate surface area is 145 Å². The zero-order valence-electron chi connectivity index (χ0n) is 13.0. The summed E-state index contributed by atoms with van der Waals surface area (Å²) in [5, 5.41) is 3.34. The van der Waals surface area contributed by atoms with Crippen molar-refractivity contribution >= 4 is 29.9 Å². The molecule has 1 aliphatic rings. The summed E-state index contributed by atoms with van der Waals surface area (Å²) in [5.41, 5.74) is 7.23. The second-order valence-electron chi connectivity index (χ2n) is 5.53. The summed E-state index contributed by atoms with van der Waals surface area (Å²) >= 11 is 0. The van der Waals surface area contributed by atoms with Crippen LogP contribution in [0, 0.1) is 0 Å². The molecule has 0 saturated carbocycles. The van der Waals surface area contributed by atoms with Crippen LogP contribution in [0.1, 0.15) is 32.3 Å². The Morgan fingerprint density at radius 3 is 2.71 bits per heavy atom. The van der Waals surface area contributed by atoms with Gasteiger partial charge in [-0.25, -0.2) is 0 Å². The van der Waals surface area contributed by atoms with Gasteiger partial charge in [-0.15, -0.1) is 24.0 Å². The zero-order chi connectivity index (χ0) is 14.4. The number of hydrogen-bond acceptors (Lipinski definition) is 2. The molecule has 3 N–H and O–H groups in total. The third kappa shape index (κ3) is 5.82. The van der Waals surface area contributed by atoms with Crippen molar-refractivity contribution in [2.45, 2.75) is 45.3 Å². The summed E-state index contributed by atoms with van der Waals surface area (Å²) in [4.78, 5) is 6.74. The van der Waals surface area contributed by atoms with Gasteiger partial charge in [0.15, 0.2) is 5.96 Å². The molecule has 1 heterocycles. The van der Waals surface area contributed by atoms with Gasteiger partial charge < -0.3 is 11.1 Å². The first-order valence-electron chi connectivity index (χ1n) is 7.53. The molecule has 1 saturated heterocycles. The fourth-order valence-corrected chi connectivity index (χ4v) is 2.83. The molecule has 0 spiro atoms. The smallest absolute Gasteiger partial charge is 0.188 e. The number of guanidine groups is 1. The number of nitrogens with one attached hydrogen (secondary N) is 1. The van der Waals surface area contributed by atoms with E-state index in [1.165, 1.54) is 5.56 Å². The van der Waals surface area contributed by atoms with Gasteiger partial charge in [-0.2, -0.15) is 0 Å². The zero-order valence-corrected chi connectivity index (χ0v) is 15.3. The molecule has 2 atom stereocenters. The number of piperidine rings is 1. The number of hydrogen-bond donors (Lipinski definition) is 2. The molecule has 118 valence electrons. The molecule has 4 nitrogen and oxygen atoms in total. The molecule has 5 heteroatoms. The van der Waals surface area contributed by atoms with Crippen LogP contribution in [0.2, 0.25) is 0 Å². The normalized spacial score (nSPS) is 23.4. The molecule has 1 fully saturated rings. The van der Waals surface area contributed by atoms with Crippen molar-refractivity contribution in [2.24, 2.45) is 10.7 Å². The van der Waals surface area contributed by atoms with Crippen LogP contribution in [-0.4, -0.2) is 36.0 Å². The van der Waals surface area contributed by atoms with Crippen molar-refractivity contribution in [1.82, 2.24) is 10.2 Å². The monoisotopic (exact) mass is 402 g/mol. The minimum absolute atomic E-state index is 0. The van der Waals surface area contributed by atoms with Crippen molar-refractivity contribution in [3.63, 3.8) is 0 Å². The van der Waals surface area contributed by atoms with Crippen LogP contribution in [0.5, 0.6) is 0 Å². The van der Waals surface area contributed by atoms with E-state index in [0.717, 1.165) is 32.5 Å². The highest BCUT2D eigenvalue weighted by Crippen LogP contribution is 2.19. The van der Waals surface area contributed by atoms with Crippen LogP contribution in [0.15, 0.2) is 35.3 Å². The second kappa shape index (κ2) is 9.25. The fraction of sp³-hybridized carbons (Fsp3) is 0.562. The minimum atomic E-state index is 0. The summed E-state index contributed by atoms with van der Waals surface area (Å²) in [5.74, 6) is 0.584. The van der Waals surface area contributed by atoms with Gasteiger partial charge in [-0.05, 0) is 32.3 Å². The van der Waals surface area contributed by atoms with Gasteiger partial charge >= 0.3 is 0 Å². The van der Waals surface area contributed by atoms with E-state index in [-0.39, 0.29) is 24.0 Å². The lowest BCUT2D eigenvalue weighted by atomic mass is 9.97. The number of benzene rings is 1. The highest BCUT2D eigenvalue weighted by Gasteiger charge is 2.25. The Morgan fingerprint density at radius 1 is 1.38 bits per heavy atom. The number of halogens is 1. The minimum Gasteiger partial charge on any atom is -0.370 e. The van der Waals surface area contributed by atoms with Crippen LogP contribution in [0.25, 0.3) is 0 Å². The highest BCUT2D eigenvalue weighted by atomic mass is 127. The predicted octanol–water partition coefficient (Wildman–Crippen LogP) is 2.58. The maximum atomic E-state index is 5.84. The van der Waals surface area contributed by atoms with Crippen molar-refractivity contribution in [2.75, 3.05) is 13.1 Å². The maximum absolute atomic E-state index is 5.84. The Balaban J connectivity index is 0.00000220. The SMILES string of the molecule is CCN=C(N)NC1CCN(Cc2ccccc2)C(C)C1.I. The summed E-state index contributed by atoms with van der Waals surface area (Å²) < 4.78 is 0. The molecule has 0 amide bonds. The predicted molar refractivity (Wildman–Crippen MR) is 100 cm³/mol. The summed E-state index contributed by atoms with van der Waals surface area (Å²) in [6.45, 7) is 7.17. The first-order chi connectivity index (χ1) is 9.69. The second-order valence-corrected chi connectivity index (χ2v) is 5.53. The molecule has 0 bridgehead atoms. The van der Waals surface area contributed by atoms with Crippen LogP contribution >= 0.6 is 24.0 Å². The van der Waals surface area contributed by atoms with Gasteiger partial charge in [0.1, 0.15) is 0 Å². The van der Waals surface area contributed by atoms with Crippen molar-refractivity contribution in [3.05, 3.63) is 35.9 Å². The van der Waals surface area contributed by atoms with Gasteiger partial charge in [0, 0.05) is 31.7 Å². The lowest BCUT2D eigenvalue weighted by Gasteiger charge is -2.38. The fourth-order valence-electron chi connectivity index (χ4n) is 2.83. The Kier molecular flexibility index (Phi) is 8.03. The van der Waals surface area contributed by atoms with Crippen molar-refractivity contribution in [1.29, 1.82) is 0 Å². The molecule has 0 aromatic heterocycles. The van der Waals surface area contributed by atoms with Crippen molar-refractivity contribution < 1.29 is 0 Å². The lowest BCUT2D eigenvalue weighted by molar-refractivity contribution is 0.134. The number of aliphatic imine (C=N–C) groups is 1. The molecule has 1 aliphatic heterocycles. The average molecular weight is 402 g/mol. The number of nitrogens with two attached hydrogens (primary N) is 1. The summed E-state index contributed by atoms with van der Waals surface area (Å²) in [6, 6.07) is 11.7. The van der Waals surface area contributed by atoms with Gasteiger partial charge in [-0.3, -0.25) is 9.89 Å². The molecular weight excluding hydrogens is 375 g/mol. The van der Waals surface area contributed by atoms with Gasteiger partial charge in [0.25, 0.3) is 0 Å². The third-order valence-electron chi connectivity index (χ3n) is 3.92. The molecule has 0 aliphatic carbocycles. The molecule has 1 aromatic carbocycles. The van der Waals surface area contributed by atoms with E-state index < -0.39 is 0 Å². The molecule has 2 unspecified atom stereocenters. The Morgan fingerprint density at radius 2 is 2.10 bits per heavy atom. The third-order valence-corrected chi connectivity index (χ3v) is 3.92. The molecule has 21 heavy (non-hydrogen) atoms. The van der Waals surface area contributed by atoms with E-state index in [2.05, 4.69) is 52.5 Å². The van der Waals surface area contributed by atoms with Crippen LogP contribution in [-0.2, 0) is 6.54 Å². The van der Waals surface area contributed by atoms with E-state index in [1.807, 2.05) is 6.92 Å². The van der Waals surface area contributed by atoms with Gasteiger partial charge in [-0.1, -0.05) is 30.3 Å². The average Bonchev–Trinajstić information content (AvgIpc) is 2.43. The van der Waals surface area contributed by atoms with Gasteiger partial charge in [0.05, 0.1) is 0 Å². The lowest BCUT2D eigenvalue weighted by Crippen LogP contribution is -2.50. The molecule has 0 radical (unpaired) electrons. The molecular formula is C16H27IN4. The number of nitrogens with zero attached hydrogens (tertiary/aromatic N) is 2. The standard InChI is InChI=1S/C16H26N4.HI/c1-3-18-16(17)19-15-9-10-20(13(2)11-15)12-14-7-5-4-6-8-14;/h4-8,13,15H,3,9-12H2,1-2H3,(H3,17,18,19);1H. The van der Waals surface area contributed by atoms with Crippen molar-refractivity contribution in [3.8, 4) is 0 Å². The first kappa shape index (κ1) is 18.2. The quantitative estimate of drug-likeness (QED) is 0.463. The highest BCUT2D eigenvalue weighted by molar-refractivity contribution is 14.0. The topological polar surface area (TPSA) is 53.6 Å². The van der Waals surface area contributed by atoms with E-state index in [1.54, 1.807) is 0 Å². The van der Waals surface area contributed by atoms with Crippen LogP contribution < -0.4 is 11.1 Å². The Bertz CT molecular complexity index is 435. The van der Waals surface area contributed by atoms with E-state index in [9.17, 15) is 0 Å².